The number of nitrogens with two attached hydrogens (primary N) is 1. The summed E-state index contributed by atoms with van der Waals surface area (Å²) in [6.45, 7) is 4.14. The van der Waals surface area contributed by atoms with Gasteiger partial charge in [0.1, 0.15) is 0 Å². The van der Waals surface area contributed by atoms with Gasteiger partial charge in [0.25, 0.3) is 0 Å². The second kappa shape index (κ2) is 6.30. The molecule has 2 aliphatic heterocycles. The zero-order valence-electron chi connectivity index (χ0n) is 12.2. The normalized spacial score (nSPS) is 21.9. The Labute approximate surface area is 125 Å². The van der Waals surface area contributed by atoms with Gasteiger partial charge >= 0.3 is 0 Å². The van der Waals surface area contributed by atoms with Crippen molar-refractivity contribution in [1.82, 2.24) is 9.80 Å². The molecule has 0 radical (unpaired) electrons. The molecule has 3 rings (SSSR count). The lowest BCUT2D eigenvalue weighted by atomic mass is 10.1. The van der Waals surface area contributed by atoms with Crippen molar-refractivity contribution in [3.63, 3.8) is 0 Å². The number of carbonyl (C=O) groups excluding carboxylic acids is 1. The quantitative estimate of drug-likeness (QED) is 0.817. The van der Waals surface area contributed by atoms with Crippen LogP contribution in [0.25, 0.3) is 0 Å². The first kappa shape index (κ1) is 14.1. The van der Waals surface area contributed by atoms with E-state index in [0.29, 0.717) is 18.5 Å². The summed E-state index contributed by atoms with van der Waals surface area (Å²) in [7, 11) is 0. The van der Waals surface area contributed by atoms with Gasteiger partial charge in [0, 0.05) is 44.2 Å². The fourth-order valence-electron chi connectivity index (χ4n) is 3.23. The van der Waals surface area contributed by atoms with E-state index >= 15 is 0 Å². The lowest BCUT2D eigenvalue weighted by molar-refractivity contribution is -0.130. The van der Waals surface area contributed by atoms with Crippen LogP contribution in [0.1, 0.15) is 24.0 Å². The highest BCUT2D eigenvalue weighted by Crippen LogP contribution is 2.23. The van der Waals surface area contributed by atoms with Crippen molar-refractivity contribution in [2.24, 2.45) is 5.73 Å². The number of fused-ring (bicyclic) bond motifs is 1. The van der Waals surface area contributed by atoms with Crippen LogP contribution in [0.5, 0.6) is 0 Å². The Morgan fingerprint density at radius 1 is 1.33 bits per heavy atom. The molecule has 0 aromatic heterocycles. The van der Waals surface area contributed by atoms with Gasteiger partial charge in [-0.25, -0.2) is 0 Å². The molecule has 110 valence electrons. The van der Waals surface area contributed by atoms with Crippen LogP contribution < -0.4 is 5.73 Å². The van der Waals surface area contributed by atoms with Crippen LogP contribution in [0, 0.1) is 11.8 Å². The van der Waals surface area contributed by atoms with Crippen molar-refractivity contribution < 1.29 is 4.79 Å². The van der Waals surface area contributed by atoms with E-state index in [4.69, 9.17) is 5.73 Å². The second-order valence-electron chi connectivity index (χ2n) is 5.72. The van der Waals surface area contributed by atoms with Gasteiger partial charge in [-0.05, 0) is 24.1 Å². The second-order valence-corrected chi connectivity index (χ2v) is 5.72. The topological polar surface area (TPSA) is 49.6 Å². The van der Waals surface area contributed by atoms with E-state index in [1.807, 2.05) is 12.1 Å². The molecule has 0 saturated carbocycles. The molecule has 1 aromatic rings. The maximum absolute atomic E-state index is 11.7. The predicted molar refractivity (Wildman–Crippen MR) is 82.4 cm³/mol. The van der Waals surface area contributed by atoms with Crippen molar-refractivity contribution in [2.75, 3.05) is 26.2 Å². The van der Waals surface area contributed by atoms with Gasteiger partial charge in [0.2, 0.25) is 5.91 Å². The molecule has 0 spiro atoms. The van der Waals surface area contributed by atoms with Gasteiger partial charge in [-0.2, -0.15) is 0 Å². The maximum Gasteiger partial charge on any atom is 0.222 e. The highest BCUT2D eigenvalue weighted by molar-refractivity contribution is 5.78. The number of rotatable bonds is 2. The van der Waals surface area contributed by atoms with Gasteiger partial charge < -0.3 is 10.6 Å². The molecule has 1 amide bonds. The Morgan fingerprint density at radius 3 is 3.10 bits per heavy atom. The summed E-state index contributed by atoms with van der Waals surface area (Å²) in [5.74, 6) is 6.30. The lowest BCUT2D eigenvalue weighted by Crippen LogP contribution is -2.50. The van der Waals surface area contributed by atoms with Gasteiger partial charge in [-0.1, -0.05) is 24.0 Å². The van der Waals surface area contributed by atoms with Crippen molar-refractivity contribution in [2.45, 2.75) is 25.4 Å². The third-order valence-electron chi connectivity index (χ3n) is 4.25. The van der Waals surface area contributed by atoms with Crippen LogP contribution in [0.4, 0.5) is 0 Å². The number of amides is 1. The SMILES string of the molecule is NCC#Cc1cccc(CN2CCN3C(=O)CCC3C2)c1. The third kappa shape index (κ3) is 3.26. The van der Waals surface area contributed by atoms with Crippen LogP contribution >= 0.6 is 0 Å². The average Bonchev–Trinajstić information content (AvgIpc) is 2.86. The Bertz CT molecular complexity index is 587. The largest absolute Gasteiger partial charge is 0.337 e. The number of hydrogen-bond acceptors (Lipinski definition) is 3. The van der Waals surface area contributed by atoms with Crippen molar-refractivity contribution in [1.29, 1.82) is 0 Å². The molecule has 4 nitrogen and oxygen atoms in total. The molecular formula is C17H21N3O. The smallest absolute Gasteiger partial charge is 0.222 e. The summed E-state index contributed by atoms with van der Waals surface area (Å²) in [6, 6.07) is 8.76. The summed E-state index contributed by atoms with van der Waals surface area (Å²) >= 11 is 0. The molecular weight excluding hydrogens is 262 g/mol. The number of hydrogen-bond donors (Lipinski definition) is 1. The minimum atomic E-state index is 0.332. The van der Waals surface area contributed by atoms with Crippen LogP contribution in [0.3, 0.4) is 0 Å². The summed E-state index contributed by atoms with van der Waals surface area (Å²) in [5, 5.41) is 0. The monoisotopic (exact) mass is 283 g/mol. The summed E-state index contributed by atoms with van der Waals surface area (Å²) in [6.07, 6.45) is 1.74. The zero-order valence-corrected chi connectivity index (χ0v) is 12.2. The van der Waals surface area contributed by atoms with Crippen LogP contribution in [0.15, 0.2) is 24.3 Å². The highest BCUT2D eigenvalue weighted by atomic mass is 16.2. The Balaban J connectivity index is 1.63. The molecule has 2 N–H and O–H groups in total. The first-order chi connectivity index (χ1) is 10.3. The zero-order chi connectivity index (χ0) is 14.7. The predicted octanol–water partition coefficient (Wildman–Crippen LogP) is 0.803. The van der Waals surface area contributed by atoms with E-state index in [9.17, 15) is 4.79 Å². The van der Waals surface area contributed by atoms with E-state index in [0.717, 1.165) is 44.6 Å². The van der Waals surface area contributed by atoms with Crippen molar-refractivity contribution >= 4 is 5.91 Å². The highest BCUT2D eigenvalue weighted by Gasteiger charge is 2.35. The third-order valence-corrected chi connectivity index (χ3v) is 4.25. The van der Waals surface area contributed by atoms with Crippen molar-refractivity contribution in [3.8, 4) is 11.8 Å². The Morgan fingerprint density at radius 2 is 2.24 bits per heavy atom. The van der Waals surface area contributed by atoms with Gasteiger partial charge in [-0.3, -0.25) is 9.69 Å². The summed E-state index contributed by atoms with van der Waals surface area (Å²) in [4.78, 5) is 16.2. The molecule has 0 aliphatic carbocycles. The van der Waals surface area contributed by atoms with Gasteiger partial charge in [0.05, 0.1) is 6.54 Å². The van der Waals surface area contributed by atoms with Crippen molar-refractivity contribution in [3.05, 3.63) is 35.4 Å². The maximum atomic E-state index is 11.7. The van der Waals surface area contributed by atoms with E-state index in [-0.39, 0.29) is 0 Å². The molecule has 1 atom stereocenters. The number of carbonyl (C=O) groups is 1. The van der Waals surface area contributed by atoms with Crippen LogP contribution in [-0.4, -0.2) is 47.9 Å². The standard InChI is InChI=1S/C17H21N3O/c18-8-2-5-14-3-1-4-15(11-14)12-19-9-10-20-16(13-19)6-7-17(20)21/h1,3-4,11,16H,6-10,12-13,18H2. The van der Waals surface area contributed by atoms with E-state index < -0.39 is 0 Å². The van der Waals surface area contributed by atoms with E-state index in [2.05, 4.69) is 33.8 Å². The molecule has 2 aliphatic rings. The minimum absolute atomic E-state index is 0.332. The fraction of sp³-hybridized carbons (Fsp3) is 0.471. The molecule has 0 bridgehead atoms. The fourth-order valence-corrected chi connectivity index (χ4v) is 3.23. The van der Waals surface area contributed by atoms with Crippen LogP contribution in [-0.2, 0) is 11.3 Å². The van der Waals surface area contributed by atoms with E-state index in [1.54, 1.807) is 0 Å². The minimum Gasteiger partial charge on any atom is -0.337 e. The number of nitrogens with zero attached hydrogens (tertiary/aromatic N) is 2. The molecule has 1 aromatic carbocycles. The van der Waals surface area contributed by atoms with Crippen LogP contribution in [0.2, 0.25) is 0 Å². The lowest BCUT2D eigenvalue weighted by Gasteiger charge is -2.37. The molecule has 21 heavy (non-hydrogen) atoms. The summed E-state index contributed by atoms with van der Waals surface area (Å²) < 4.78 is 0. The Hall–Kier alpha value is -1.83. The van der Waals surface area contributed by atoms with E-state index in [1.165, 1.54) is 5.56 Å². The number of benzene rings is 1. The Kier molecular flexibility index (Phi) is 4.23. The number of piperazine rings is 1. The molecule has 2 heterocycles. The molecule has 2 saturated heterocycles. The molecule has 4 heteroatoms. The first-order valence-corrected chi connectivity index (χ1v) is 7.56. The molecule has 1 unspecified atom stereocenters. The first-order valence-electron chi connectivity index (χ1n) is 7.56. The van der Waals surface area contributed by atoms with Gasteiger partial charge in [-0.15, -0.1) is 0 Å². The average molecular weight is 283 g/mol. The molecule has 2 fully saturated rings. The summed E-state index contributed by atoms with van der Waals surface area (Å²) in [5.41, 5.74) is 7.71. The van der Waals surface area contributed by atoms with Gasteiger partial charge in [0.15, 0.2) is 0 Å².